The minimum absolute atomic E-state index is 0.0114. The summed E-state index contributed by atoms with van der Waals surface area (Å²) in [5.74, 6) is 1.72. The maximum absolute atomic E-state index is 12.3. The maximum Gasteiger partial charge on any atom is 0.313 e. The first kappa shape index (κ1) is 15.0. The van der Waals surface area contributed by atoms with Gasteiger partial charge in [-0.05, 0) is 57.8 Å². The van der Waals surface area contributed by atoms with Crippen LogP contribution in [0.5, 0.6) is 0 Å². The molecule has 0 N–H and O–H groups in total. The van der Waals surface area contributed by atoms with Crippen LogP contribution in [-0.2, 0) is 19.1 Å². The highest BCUT2D eigenvalue weighted by Gasteiger charge is 2.53. The lowest BCUT2D eigenvalue weighted by atomic mass is 9.54. The topological polar surface area (TPSA) is 52.6 Å². The predicted octanol–water partition coefficient (Wildman–Crippen LogP) is 2.94. The highest BCUT2D eigenvalue weighted by atomic mass is 16.7. The molecule has 0 saturated heterocycles. The minimum Gasteiger partial charge on any atom is -0.438 e. The van der Waals surface area contributed by atoms with Crippen LogP contribution >= 0.6 is 0 Å². The second-order valence-corrected chi connectivity index (χ2v) is 7.69. The Hall–Kier alpha value is -0.900. The first-order valence-electron chi connectivity index (χ1n) is 8.25. The molecule has 0 aromatic rings. The second-order valence-electron chi connectivity index (χ2n) is 7.69. The van der Waals surface area contributed by atoms with Crippen molar-refractivity contribution >= 4 is 11.8 Å². The largest absolute Gasteiger partial charge is 0.438 e. The Kier molecular flexibility index (Phi) is 3.85. The Bertz CT molecular complexity index is 442. The van der Waals surface area contributed by atoms with Gasteiger partial charge in [0.1, 0.15) is 5.78 Å². The molecule has 4 rings (SSSR count). The van der Waals surface area contributed by atoms with E-state index in [2.05, 4.69) is 0 Å². The first-order chi connectivity index (χ1) is 9.92. The van der Waals surface area contributed by atoms with E-state index in [1.165, 1.54) is 6.42 Å². The summed E-state index contributed by atoms with van der Waals surface area (Å²) in [4.78, 5) is 24.2. The number of rotatable bonds is 5. The van der Waals surface area contributed by atoms with E-state index in [4.69, 9.17) is 9.47 Å². The van der Waals surface area contributed by atoms with Gasteiger partial charge in [-0.3, -0.25) is 9.59 Å². The van der Waals surface area contributed by atoms with E-state index in [0.717, 1.165) is 31.6 Å². The van der Waals surface area contributed by atoms with E-state index >= 15 is 0 Å². The van der Waals surface area contributed by atoms with Crippen molar-refractivity contribution in [1.29, 1.82) is 0 Å². The summed E-state index contributed by atoms with van der Waals surface area (Å²) in [6.45, 7) is 5.71. The van der Waals surface area contributed by atoms with Gasteiger partial charge in [-0.1, -0.05) is 6.92 Å². The molecule has 4 aliphatic rings. The van der Waals surface area contributed by atoms with E-state index in [1.54, 1.807) is 0 Å². The molecule has 5 unspecified atom stereocenters. The SMILES string of the molecule is CCC(C)(C)C(=O)OCOC1C2CC3CC(C2)C(=O)C1C3. The molecule has 5 atom stereocenters. The molecule has 4 fully saturated rings. The zero-order valence-electron chi connectivity index (χ0n) is 13.3. The first-order valence-corrected chi connectivity index (χ1v) is 8.25. The lowest BCUT2D eigenvalue weighted by Gasteiger charge is -2.52. The molecule has 0 amide bonds. The number of hydrogen-bond acceptors (Lipinski definition) is 4. The zero-order valence-corrected chi connectivity index (χ0v) is 13.3. The van der Waals surface area contributed by atoms with Crippen molar-refractivity contribution < 1.29 is 19.1 Å². The van der Waals surface area contributed by atoms with E-state index < -0.39 is 5.41 Å². The Morgan fingerprint density at radius 3 is 2.71 bits per heavy atom. The number of hydrogen-bond donors (Lipinski definition) is 0. The van der Waals surface area contributed by atoms with Crippen molar-refractivity contribution in [2.45, 2.75) is 59.0 Å². The van der Waals surface area contributed by atoms with Crippen molar-refractivity contribution in [1.82, 2.24) is 0 Å². The van der Waals surface area contributed by atoms with Gasteiger partial charge in [-0.2, -0.15) is 0 Å². The van der Waals surface area contributed by atoms with Crippen LogP contribution in [0.3, 0.4) is 0 Å². The molecule has 4 heteroatoms. The molecule has 4 saturated carbocycles. The third-order valence-electron chi connectivity index (χ3n) is 5.94. The molecule has 0 spiro atoms. The lowest BCUT2D eigenvalue weighted by molar-refractivity contribution is -0.193. The van der Waals surface area contributed by atoms with Crippen LogP contribution in [0.2, 0.25) is 0 Å². The zero-order chi connectivity index (χ0) is 15.2. The van der Waals surface area contributed by atoms with Gasteiger partial charge < -0.3 is 9.47 Å². The quantitative estimate of drug-likeness (QED) is 0.578. The molecular weight excluding hydrogens is 268 g/mol. The van der Waals surface area contributed by atoms with E-state index in [0.29, 0.717) is 11.7 Å². The van der Waals surface area contributed by atoms with E-state index in [9.17, 15) is 9.59 Å². The molecule has 21 heavy (non-hydrogen) atoms. The Morgan fingerprint density at radius 1 is 1.24 bits per heavy atom. The average Bonchev–Trinajstić information content (AvgIpc) is 2.46. The van der Waals surface area contributed by atoms with Crippen molar-refractivity contribution in [2.24, 2.45) is 29.1 Å². The monoisotopic (exact) mass is 294 g/mol. The normalized spacial score (nSPS) is 37.9. The van der Waals surface area contributed by atoms with Crippen LogP contribution in [0.25, 0.3) is 0 Å². The van der Waals surface area contributed by atoms with Crippen molar-refractivity contribution in [2.75, 3.05) is 6.79 Å². The Balaban J connectivity index is 1.54. The summed E-state index contributed by atoms with van der Waals surface area (Å²) in [6, 6.07) is 0. The average molecular weight is 294 g/mol. The number of ketones is 1. The van der Waals surface area contributed by atoms with Crippen molar-refractivity contribution in [3.05, 3.63) is 0 Å². The minimum atomic E-state index is -0.469. The van der Waals surface area contributed by atoms with Crippen LogP contribution in [0.15, 0.2) is 0 Å². The number of Topliss-reactive ketones (excluding diaryl/α,β-unsaturated/α-hetero) is 1. The molecule has 4 aliphatic carbocycles. The standard InChI is InChI=1S/C17H26O4/c1-4-17(2,3)16(19)21-9-20-15-12-6-10-5-11(8-12)14(18)13(15)7-10/h10-13,15H,4-9H2,1-3H3. The van der Waals surface area contributed by atoms with Gasteiger partial charge in [-0.15, -0.1) is 0 Å². The highest BCUT2D eigenvalue weighted by Crippen LogP contribution is 2.52. The fraction of sp³-hybridized carbons (Fsp3) is 0.882. The number of esters is 1. The molecule has 0 aromatic heterocycles. The predicted molar refractivity (Wildman–Crippen MR) is 77.3 cm³/mol. The van der Waals surface area contributed by atoms with Crippen LogP contribution in [0, 0.1) is 29.1 Å². The molecule has 4 nitrogen and oxygen atoms in total. The van der Waals surface area contributed by atoms with Gasteiger partial charge in [0.25, 0.3) is 0 Å². The van der Waals surface area contributed by atoms with Crippen LogP contribution < -0.4 is 0 Å². The molecule has 0 aromatic carbocycles. The maximum atomic E-state index is 12.3. The fourth-order valence-corrected chi connectivity index (χ4v) is 4.34. The summed E-state index contributed by atoms with van der Waals surface area (Å²) in [5, 5.41) is 0. The molecule has 0 aliphatic heterocycles. The smallest absolute Gasteiger partial charge is 0.313 e. The molecule has 4 bridgehead atoms. The van der Waals surface area contributed by atoms with Crippen molar-refractivity contribution in [3.8, 4) is 0 Å². The van der Waals surface area contributed by atoms with Crippen LogP contribution in [-0.4, -0.2) is 24.6 Å². The molecule has 118 valence electrons. The van der Waals surface area contributed by atoms with Gasteiger partial charge in [0.2, 0.25) is 0 Å². The van der Waals surface area contributed by atoms with Gasteiger partial charge in [-0.25, -0.2) is 0 Å². The molecular formula is C17H26O4. The summed E-state index contributed by atoms with van der Waals surface area (Å²) < 4.78 is 11.1. The number of ether oxygens (including phenoxy) is 2. The van der Waals surface area contributed by atoms with Crippen LogP contribution in [0.4, 0.5) is 0 Å². The Labute approximate surface area is 126 Å². The fourth-order valence-electron chi connectivity index (χ4n) is 4.34. The second kappa shape index (κ2) is 5.38. The molecule has 0 heterocycles. The van der Waals surface area contributed by atoms with E-state index in [1.807, 2.05) is 20.8 Å². The van der Waals surface area contributed by atoms with E-state index in [-0.39, 0.29) is 30.7 Å². The third kappa shape index (κ3) is 2.63. The third-order valence-corrected chi connectivity index (χ3v) is 5.94. The number of carbonyl (C=O) groups excluding carboxylic acids is 2. The summed E-state index contributed by atoms with van der Waals surface area (Å²) in [6.07, 6.45) is 4.94. The van der Waals surface area contributed by atoms with Crippen molar-refractivity contribution in [3.63, 3.8) is 0 Å². The summed E-state index contributed by atoms with van der Waals surface area (Å²) >= 11 is 0. The number of carbonyl (C=O) groups is 2. The highest BCUT2D eigenvalue weighted by molar-refractivity contribution is 5.86. The van der Waals surface area contributed by atoms with Gasteiger partial charge >= 0.3 is 5.97 Å². The summed E-state index contributed by atoms with van der Waals surface area (Å²) in [5.41, 5.74) is -0.469. The van der Waals surface area contributed by atoms with Crippen LogP contribution in [0.1, 0.15) is 52.9 Å². The Morgan fingerprint density at radius 2 is 2.00 bits per heavy atom. The van der Waals surface area contributed by atoms with Gasteiger partial charge in [0.05, 0.1) is 11.5 Å². The van der Waals surface area contributed by atoms with Gasteiger partial charge in [0.15, 0.2) is 6.79 Å². The summed E-state index contributed by atoms with van der Waals surface area (Å²) in [7, 11) is 0. The molecule has 0 radical (unpaired) electrons. The lowest BCUT2D eigenvalue weighted by Crippen LogP contribution is -2.55. The van der Waals surface area contributed by atoms with Gasteiger partial charge in [0, 0.05) is 11.8 Å².